The molecule has 0 bridgehead atoms. The summed E-state index contributed by atoms with van der Waals surface area (Å²) in [6.07, 6.45) is 0.382. The molecular weight excluding hydrogens is 394 g/mol. The number of benzene rings is 2. The number of rotatable bonds is 6. The Labute approximate surface area is 166 Å². The van der Waals surface area contributed by atoms with Gasteiger partial charge >= 0.3 is 0 Å². The molecule has 0 spiro atoms. The Hall–Kier alpha value is -1.82. The number of halogens is 3. The molecule has 3 aromatic rings. The fourth-order valence-corrected chi connectivity index (χ4v) is 3.34. The number of ether oxygens (including phenoxy) is 1. The third-order valence-corrected chi connectivity index (χ3v) is 4.89. The van der Waals surface area contributed by atoms with Crippen molar-refractivity contribution in [3.8, 4) is 22.7 Å². The minimum atomic E-state index is -0.385. The predicted octanol–water partition coefficient (Wildman–Crippen LogP) is 6.56. The van der Waals surface area contributed by atoms with E-state index in [-0.39, 0.29) is 6.67 Å². The SMILES string of the molecule is Cc1c(-c2ccc(OCCCF)cc2)n(-c2ccc(Cl)cc2Cl)[nH]c1=S. The highest BCUT2D eigenvalue weighted by Crippen LogP contribution is 2.32. The molecule has 0 aliphatic heterocycles. The molecule has 3 nitrogen and oxygen atoms in total. The number of aromatic amines is 1. The lowest BCUT2D eigenvalue weighted by Gasteiger charge is -2.12. The average molecular weight is 411 g/mol. The van der Waals surface area contributed by atoms with Crippen molar-refractivity contribution in [2.45, 2.75) is 13.3 Å². The van der Waals surface area contributed by atoms with E-state index in [1.807, 2.05) is 41.9 Å². The van der Waals surface area contributed by atoms with Gasteiger partial charge in [0.05, 0.1) is 29.7 Å². The molecule has 0 aliphatic carbocycles. The van der Waals surface area contributed by atoms with Gasteiger partial charge in [0.2, 0.25) is 0 Å². The van der Waals surface area contributed by atoms with Crippen molar-refractivity contribution >= 4 is 35.4 Å². The van der Waals surface area contributed by atoms with Crippen LogP contribution in [0.1, 0.15) is 12.0 Å². The van der Waals surface area contributed by atoms with Crippen LogP contribution in [0.5, 0.6) is 5.75 Å². The fourth-order valence-electron chi connectivity index (χ4n) is 2.66. The lowest BCUT2D eigenvalue weighted by molar-refractivity contribution is 0.289. The molecule has 1 N–H and O–H groups in total. The van der Waals surface area contributed by atoms with Crippen LogP contribution in [-0.4, -0.2) is 23.1 Å². The Morgan fingerprint density at radius 3 is 2.54 bits per heavy atom. The van der Waals surface area contributed by atoms with Crippen molar-refractivity contribution in [1.82, 2.24) is 9.78 Å². The van der Waals surface area contributed by atoms with E-state index >= 15 is 0 Å². The van der Waals surface area contributed by atoms with E-state index < -0.39 is 0 Å². The highest BCUT2D eigenvalue weighted by molar-refractivity contribution is 7.71. The largest absolute Gasteiger partial charge is 0.493 e. The number of hydrogen-bond acceptors (Lipinski definition) is 2. The summed E-state index contributed by atoms with van der Waals surface area (Å²) in [6.45, 7) is 1.93. The number of alkyl halides is 1. The summed E-state index contributed by atoms with van der Waals surface area (Å²) in [6, 6.07) is 12.9. The van der Waals surface area contributed by atoms with Gasteiger partial charge in [0.25, 0.3) is 0 Å². The zero-order chi connectivity index (χ0) is 18.7. The van der Waals surface area contributed by atoms with Crippen molar-refractivity contribution in [3.63, 3.8) is 0 Å². The quantitative estimate of drug-likeness (QED) is 0.368. The van der Waals surface area contributed by atoms with E-state index in [0.29, 0.717) is 33.5 Å². The Morgan fingerprint density at radius 2 is 1.88 bits per heavy atom. The molecule has 0 amide bonds. The highest BCUT2D eigenvalue weighted by Gasteiger charge is 2.15. The van der Waals surface area contributed by atoms with Crippen LogP contribution in [0.2, 0.25) is 10.0 Å². The molecule has 1 heterocycles. The van der Waals surface area contributed by atoms with Gasteiger partial charge < -0.3 is 4.74 Å². The lowest BCUT2D eigenvalue weighted by atomic mass is 10.1. The highest BCUT2D eigenvalue weighted by atomic mass is 35.5. The van der Waals surface area contributed by atoms with E-state index in [9.17, 15) is 4.39 Å². The molecule has 136 valence electrons. The number of hydrogen-bond donors (Lipinski definition) is 1. The minimum absolute atomic E-state index is 0.357. The first-order chi connectivity index (χ1) is 12.5. The number of aromatic nitrogens is 2. The van der Waals surface area contributed by atoms with Crippen molar-refractivity contribution in [3.05, 3.63) is 62.7 Å². The summed E-state index contributed by atoms with van der Waals surface area (Å²) < 4.78 is 20.2. The van der Waals surface area contributed by atoms with Gasteiger partial charge in [-0.05, 0) is 49.4 Å². The second-order valence-corrected chi connectivity index (χ2v) is 7.01. The van der Waals surface area contributed by atoms with E-state index in [2.05, 4.69) is 5.10 Å². The van der Waals surface area contributed by atoms with Gasteiger partial charge in [0.1, 0.15) is 10.4 Å². The van der Waals surface area contributed by atoms with E-state index in [1.165, 1.54) is 0 Å². The first-order valence-electron chi connectivity index (χ1n) is 8.07. The summed E-state index contributed by atoms with van der Waals surface area (Å²) in [5, 5.41) is 4.26. The molecule has 0 saturated carbocycles. The molecule has 0 radical (unpaired) electrons. The van der Waals surface area contributed by atoms with Crippen molar-refractivity contribution in [2.24, 2.45) is 0 Å². The molecule has 3 rings (SSSR count). The van der Waals surface area contributed by atoms with Crippen LogP contribution >= 0.6 is 35.4 Å². The summed E-state index contributed by atoms with van der Waals surface area (Å²) in [5.74, 6) is 0.699. The van der Waals surface area contributed by atoms with Crippen LogP contribution < -0.4 is 4.74 Å². The summed E-state index contributed by atoms with van der Waals surface area (Å²) >= 11 is 17.8. The van der Waals surface area contributed by atoms with Gasteiger partial charge in [0.15, 0.2) is 0 Å². The molecule has 0 saturated heterocycles. The first-order valence-corrected chi connectivity index (χ1v) is 9.24. The molecule has 0 aliphatic rings. The number of nitrogens with zero attached hydrogens (tertiary/aromatic N) is 1. The Morgan fingerprint density at radius 1 is 1.15 bits per heavy atom. The van der Waals surface area contributed by atoms with Crippen LogP contribution in [0.15, 0.2) is 42.5 Å². The molecule has 0 unspecified atom stereocenters. The zero-order valence-corrected chi connectivity index (χ0v) is 16.4. The summed E-state index contributed by atoms with van der Waals surface area (Å²) in [4.78, 5) is 0. The Bertz CT molecular complexity index is 967. The van der Waals surface area contributed by atoms with Crippen LogP contribution in [0.3, 0.4) is 0 Å². The van der Waals surface area contributed by atoms with Gasteiger partial charge in [-0.1, -0.05) is 35.4 Å². The molecule has 1 aromatic heterocycles. The molecule has 26 heavy (non-hydrogen) atoms. The second kappa shape index (κ2) is 8.25. The topological polar surface area (TPSA) is 29.9 Å². The minimum Gasteiger partial charge on any atom is -0.493 e. The summed E-state index contributed by atoms with van der Waals surface area (Å²) in [5.41, 5.74) is 3.57. The fraction of sp³-hybridized carbons (Fsp3) is 0.211. The normalized spacial score (nSPS) is 10.9. The Kier molecular flexibility index (Phi) is 6.01. The van der Waals surface area contributed by atoms with Crippen molar-refractivity contribution < 1.29 is 9.13 Å². The standard InChI is InChI=1S/C19H17Cl2FN2OS/c1-12-18(13-3-6-15(7-4-13)25-10-2-9-22)24(23-19(12)26)17-8-5-14(20)11-16(17)21/h3-8,11H,2,9-10H2,1H3,(H,23,26). The smallest absolute Gasteiger partial charge is 0.123 e. The van der Waals surface area contributed by atoms with Crippen LogP contribution in [0.4, 0.5) is 4.39 Å². The maximum absolute atomic E-state index is 12.2. The average Bonchev–Trinajstić information content (AvgIpc) is 2.91. The molecule has 0 atom stereocenters. The molecular formula is C19H17Cl2FN2OS. The Balaban J connectivity index is 2.01. The van der Waals surface area contributed by atoms with Crippen molar-refractivity contribution in [2.75, 3.05) is 13.3 Å². The van der Waals surface area contributed by atoms with Crippen LogP contribution in [-0.2, 0) is 0 Å². The van der Waals surface area contributed by atoms with E-state index in [1.54, 1.807) is 12.1 Å². The third kappa shape index (κ3) is 3.95. The maximum Gasteiger partial charge on any atom is 0.123 e. The van der Waals surface area contributed by atoms with Gasteiger partial charge in [0, 0.05) is 22.6 Å². The van der Waals surface area contributed by atoms with Gasteiger partial charge in [-0.2, -0.15) is 0 Å². The zero-order valence-electron chi connectivity index (χ0n) is 14.1. The van der Waals surface area contributed by atoms with Gasteiger partial charge in [-0.3, -0.25) is 14.2 Å². The van der Waals surface area contributed by atoms with Gasteiger partial charge in [-0.25, -0.2) is 0 Å². The van der Waals surface area contributed by atoms with Gasteiger partial charge in [-0.15, -0.1) is 0 Å². The van der Waals surface area contributed by atoms with Crippen LogP contribution in [0.25, 0.3) is 16.9 Å². The van der Waals surface area contributed by atoms with E-state index in [0.717, 1.165) is 22.5 Å². The summed E-state index contributed by atoms with van der Waals surface area (Å²) in [7, 11) is 0. The second-order valence-electron chi connectivity index (χ2n) is 5.76. The molecule has 2 aromatic carbocycles. The van der Waals surface area contributed by atoms with E-state index in [4.69, 9.17) is 40.2 Å². The molecule has 0 fully saturated rings. The number of nitrogens with one attached hydrogen (secondary N) is 1. The monoisotopic (exact) mass is 410 g/mol. The molecule has 7 heteroatoms. The van der Waals surface area contributed by atoms with Crippen LogP contribution in [0, 0.1) is 11.6 Å². The number of H-pyrrole nitrogens is 1. The third-order valence-electron chi connectivity index (χ3n) is 3.96. The maximum atomic E-state index is 12.2. The lowest BCUT2D eigenvalue weighted by Crippen LogP contribution is -2.01. The predicted molar refractivity (Wildman–Crippen MR) is 107 cm³/mol. The first kappa shape index (κ1) is 19.0. The van der Waals surface area contributed by atoms with Crippen molar-refractivity contribution in [1.29, 1.82) is 0 Å².